The zero-order chi connectivity index (χ0) is 21.8. The molecule has 6 nitrogen and oxygen atoms in total. The van der Waals surface area contributed by atoms with Gasteiger partial charge in [-0.15, -0.1) is 0 Å². The maximum absolute atomic E-state index is 12.6. The predicted octanol–water partition coefficient (Wildman–Crippen LogP) is 3.14. The third kappa shape index (κ3) is 5.13. The highest BCUT2D eigenvalue weighted by Crippen LogP contribution is 2.22. The number of hydrogen-bond donors (Lipinski definition) is 1. The highest BCUT2D eigenvalue weighted by Gasteiger charge is 2.23. The van der Waals surface area contributed by atoms with Crippen molar-refractivity contribution in [3.63, 3.8) is 0 Å². The van der Waals surface area contributed by atoms with Crippen molar-refractivity contribution in [3.05, 3.63) is 65.2 Å². The van der Waals surface area contributed by atoms with Gasteiger partial charge in [0.1, 0.15) is 0 Å². The molecule has 1 N–H and O–H groups in total. The van der Waals surface area contributed by atoms with Gasteiger partial charge in [0.2, 0.25) is 11.8 Å². The molecule has 1 saturated heterocycles. The van der Waals surface area contributed by atoms with E-state index >= 15 is 0 Å². The molecule has 0 saturated carbocycles. The van der Waals surface area contributed by atoms with Crippen molar-refractivity contribution >= 4 is 23.2 Å². The molecular weight excluding hydrogens is 388 g/mol. The van der Waals surface area contributed by atoms with Crippen molar-refractivity contribution in [2.75, 3.05) is 31.1 Å². The van der Waals surface area contributed by atoms with E-state index in [-0.39, 0.29) is 17.7 Å². The van der Waals surface area contributed by atoms with Crippen LogP contribution in [0.3, 0.4) is 0 Å². The lowest BCUT2D eigenvalue weighted by Crippen LogP contribution is -2.48. The average Bonchev–Trinajstić information content (AvgIpc) is 2.79. The van der Waals surface area contributed by atoms with Gasteiger partial charge in [0.15, 0.2) is 0 Å². The highest BCUT2D eigenvalue weighted by molar-refractivity contribution is 6.05. The molecule has 2 heterocycles. The van der Waals surface area contributed by atoms with Gasteiger partial charge in [0.05, 0.1) is 5.71 Å². The standard InChI is InChI=1S/C25H30N4O2/c1-18-3-5-20(6-4-18)7-12-24(31)29-15-13-28(14-16-29)22-10-8-21(9-11-22)25-19(2)17-23(30)26-27-25/h3-6,8-11,19H,7,12-17H2,1-2H3,(H,26,30)/t19-/m1/s1. The Bertz CT molecular complexity index is 958. The molecule has 0 unspecified atom stereocenters. The summed E-state index contributed by atoms with van der Waals surface area (Å²) >= 11 is 0. The molecule has 4 rings (SSSR count). The molecule has 31 heavy (non-hydrogen) atoms. The van der Waals surface area contributed by atoms with Crippen molar-refractivity contribution in [2.24, 2.45) is 11.0 Å². The summed E-state index contributed by atoms with van der Waals surface area (Å²) in [6.45, 7) is 7.28. The lowest BCUT2D eigenvalue weighted by atomic mass is 9.94. The number of aryl methyl sites for hydroxylation is 2. The molecule has 162 valence electrons. The van der Waals surface area contributed by atoms with Gasteiger partial charge in [-0.3, -0.25) is 9.59 Å². The summed E-state index contributed by atoms with van der Waals surface area (Å²) in [7, 11) is 0. The number of carbonyl (C=O) groups excluding carboxylic acids is 2. The monoisotopic (exact) mass is 418 g/mol. The molecule has 1 atom stereocenters. The van der Waals surface area contributed by atoms with Crippen molar-refractivity contribution < 1.29 is 9.59 Å². The predicted molar refractivity (Wildman–Crippen MR) is 123 cm³/mol. The molecule has 0 spiro atoms. The van der Waals surface area contributed by atoms with Crippen LogP contribution in [0.5, 0.6) is 0 Å². The second-order valence-corrected chi connectivity index (χ2v) is 8.54. The second-order valence-electron chi connectivity index (χ2n) is 8.54. The highest BCUT2D eigenvalue weighted by atomic mass is 16.2. The zero-order valence-electron chi connectivity index (χ0n) is 18.3. The van der Waals surface area contributed by atoms with Crippen LogP contribution in [0.25, 0.3) is 0 Å². The van der Waals surface area contributed by atoms with E-state index < -0.39 is 0 Å². The quantitative estimate of drug-likeness (QED) is 0.811. The van der Waals surface area contributed by atoms with E-state index in [4.69, 9.17) is 0 Å². The van der Waals surface area contributed by atoms with Gasteiger partial charge < -0.3 is 9.80 Å². The maximum atomic E-state index is 12.6. The Morgan fingerprint density at radius 2 is 1.71 bits per heavy atom. The first-order valence-corrected chi connectivity index (χ1v) is 11.0. The van der Waals surface area contributed by atoms with Crippen LogP contribution in [0.1, 0.15) is 36.5 Å². The first-order valence-electron chi connectivity index (χ1n) is 11.0. The number of amides is 2. The van der Waals surface area contributed by atoms with Gasteiger partial charge in [0.25, 0.3) is 0 Å². The number of carbonyl (C=O) groups is 2. The minimum absolute atomic E-state index is 0.0286. The molecule has 2 aliphatic heterocycles. The van der Waals surface area contributed by atoms with Crippen molar-refractivity contribution in [2.45, 2.75) is 33.1 Å². The second kappa shape index (κ2) is 9.33. The molecule has 2 aromatic carbocycles. The van der Waals surface area contributed by atoms with Crippen LogP contribution in [-0.4, -0.2) is 48.6 Å². The third-order valence-electron chi connectivity index (χ3n) is 6.17. The number of anilines is 1. The van der Waals surface area contributed by atoms with Crippen molar-refractivity contribution in [1.82, 2.24) is 10.3 Å². The summed E-state index contributed by atoms with van der Waals surface area (Å²) in [6, 6.07) is 16.8. The number of benzene rings is 2. The van der Waals surface area contributed by atoms with Gasteiger partial charge >= 0.3 is 0 Å². The van der Waals surface area contributed by atoms with E-state index in [1.807, 2.05) is 11.8 Å². The van der Waals surface area contributed by atoms with Crippen LogP contribution < -0.4 is 10.3 Å². The Kier molecular flexibility index (Phi) is 6.35. The molecule has 6 heteroatoms. The van der Waals surface area contributed by atoms with E-state index in [2.05, 4.69) is 70.9 Å². The Balaban J connectivity index is 1.29. The first-order chi connectivity index (χ1) is 15.0. The largest absolute Gasteiger partial charge is 0.368 e. The van der Waals surface area contributed by atoms with Gasteiger partial charge in [-0.05, 0) is 36.6 Å². The van der Waals surface area contributed by atoms with Gasteiger partial charge in [-0.25, -0.2) is 5.43 Å². The molecule has 0 aromatic heterocycles. The normalized spacial score (nSPS) is 19.1. The van der Waals surface area contributed by atoms with E-state index in [1.54, 1.807) is 0 Å². The number of hydrazone groups is 1. The number of hydrogen-bond acceptors (Lipinski definition) is 4. The fourth-order valence-corrected chi connectivity index (χ4v) is 4.22. The summed E-state index contributed by atoms with van der Waals surface area (Å²) in [5.41, 5.74) is 8.16. The van der Waals surface area contributed by atoms with Crippen LogP contribution >= 0.6 is 0 Å². The van der Waals surface area contributed by atoms with Gasteiger partial charge in [-0.1, -0.05) is 48.9 Å². The summed E-state index contributed by atoms with van der Waals surface area (Å²) in [4.78, 5) is 28.4. The molecule has 0 bridgehead atoms. The fraction of sp³-hybridized carbons (Fsp3) is 0.400. The molecule has 2 aromatic rings. The van der Waals surface area contributed by atoms with E-state index in [1.165, 1.54) is 11.1 Å². The Morgan fingerprint density at radius 3 is 2.35 bits per heavy atom. The smallest absolute Gasteiger partial charge is 0.240 e. The average molecular weight is 419 g/mol. The molecular formula is C25H30N4O2. The number of piperazine rings is 1. The van der Waals surface area contributed by atoms with Crippen molar-refractivity contribution in [1.29, 1.82) is 0 Å². The van der Waals surface area contributed by atoms with E-state index in [0.717, 1.165) is 49.6 Å². The summed E-state index contributed by atoms with van der Waals surface area (Å²) < 4.78 is 0. The van der Waals surface area contributed by atoms with Crippen LogP contribution in [0, 0.1) is 12.8 Å². The molecule has 2 aliphatic rings. The number of nitrogens with zero attached hydrogens (tertiary/aromatic N) is 3. The minimum atomic E-state index is -0.0286. The molecule has 0 aliphatic carbocycles. The van der Waals surface area contributed by atoms with Crippen LogP contribution in [0.2, 0.25) is 0 Å². The topological polar surface area (TPSA) is 65.0 Å². The Morgan fingerprint density at radius 1 is 1.03 bits per heavy atom. The SMILES string of the molecule is Cc1ccc(CCC(=O)N2CCN(c3ccc(C4=NNC(=O)C[C@H]4C)cc3)CC2)cc1. The van der Waals surface area contributed by atoms with E-state index in [9.17, 15) is 9.59 Å². The van der Waals surface area contributed by atoms with Crippen LogP contribution in [0.15, 0.2) is 53.6 Å². The van der Waals surface area contributed by atoms with Gasteiger partial charge in [0, 0.05) is 50.6 Å². The number of nitrogens with one attached hydrogen (secondary N) is 1. The Labute approximate surface area is 183 Å². The first kappa shape index (κ1) is 21.1. The third-order valence-corrected chi connectivity index (χ3v) is 6.17. The van der Waals surface area contributed by atoms with Crippen molar-refractivity contribution in [3.8, 4) is 0 Å². The minimum Gasteiger partial charge on any atom is -0.368 e. The molecule has 1 fully saturated rings. The summed E-state index contributed by atoms with van der Waals surface area (Å²) in [6.07, 6.45) is 1.83. The lowest BCUT2D eigenvalue weighted by Gasteiger charge is -2.36. The fourth-order valence-electron chi connectivity index (χ4n) is 4.22. The molecule has 0 radical (unpaired) electrons. The van der Waals surface area contributed by atoms with Crippen LogP contribution in [-0.2, 0) is 16.0 Å². The Hall–Kier alpha value is -3.15. The number of rotatable bonds is 5. The summed E-state index contributed by atoms with van der Waals surface area (Å²) in [5.74, 6) is 0.329. The zero-order valence-corrected chi connectivity index (χ0v) is 18.3. The van der Waals surface area contributed by atoms with Crippen LogP contribution in [0.4, 0.5) is 5.69 Å². The maximum Gasteiger partial charge on any atom is 0.240 e. The molecule has 2 amide bonds. The van der Waals surface area contributed by atoms with E-state index in [0.29, 0.717) is 12.8 Å². The summed E-state index contributed by atoms with van der Waals surface area (Å²) in [5, 5.41) is 4.24. The van der Waals surface area contributed by atoms with Gasteiger partial charge in [-0.2, -0.15) is 5.10 Å². The lowest BCUT2D eigenvalue weighted by molar-refractivity contribution is -0.131.